The van der Waals surface area contributed by atoms with Crippen LogP contribution in [0.2, 0.25) is 0 Å². The first kappa shape index (κ1) is 12.5. The minimum Gasteiger partial charge on any atom is -0.508 e. The van der Waals surface area contributed by atoms with Gasteiger partial charge in [-0.1, -0.05) is 18.2 Å². The van der Waals surface area contributed by atoms with E-state index in [1.54, 1.807) is 6.07 Å². The first-order valence-corrected chi connectivity index (χ1v) is 7.01. The van der Waals surface area contributed by atoms with E-state index < -0.39 is 0 Å². The van der Waals surface area contributed by atoms with Crippen LogP contribution in [0.3, 0.4) is 0 Å². The summed E-state index contributed by atoms with van der Waals surface area (Å²) in [4.78, 5) is 4.70. The van der Waals surface area contributed by atoms with Crippen molar-refractivity contribution in [3.05, 3.63) is 29.8 Å². The largest absolute Gasteiger partial charge is 0.508 e. The molecule has 102 valence electrons. The van der Waals surface area contributed by atoms with Crippen LogP contribution in [0.4, 0.5) is 0 Å². The summed E-state index contributed by atoms with van der Waals surface area (Å²) in [5.74, 6) is 1.77. The van der Waals surface area contributed by atoms with Crippen molar-refractivity contribution in [2.75, 3.05) is 19.7 Å². The number of nitrogens with zero attached hydrogens (tertiary/aromatic N) is 1. The number of rotatable bonds is 3. The van der Waals surface area contributed by atoms with Gasteiger partial charge in [-0.25, -0.2) is 4.99 Å². The van der Waals surface area contributed by atoms with Gasteiger partial charge in [0.1, 0.15) is 12.4 Å². The standard InChI is InChI=1S/C15H20N2O2/c18-14-4-2-1-3-12(14)9-13-10-19-15(17-13)11-5-7-16-8-6-11/h1-4,11,13,16,18H,5-10H2. The number of ether oxygens (including phenoxy) is 1. The molecule has 2 heterocycles. The van der Waals surface area contributed by atoms with E-state index in [9.17, 15) is 5.11 Å². The molecule has 1 aromatic carbocycles. The summed E-state index contributed by atoms with van der Waals surface area (Å²) in [6.07, 6.45) is 2.98. The van der Waals surface area contributed by atoms with Gasteiger partial charge in [-0.05, 0) is 37.6 Å². The molecule has 0 radical (unpaired) electrons. The Morgan fingerprint density at radius 3 is 2.84 bits per heavy atom. The summed E-state index contributed by atoms with van der Waals surface area (Å²) in [5.41, 5.74) is 0.950. The van der Waals surface area contributed by atoms with Gasteiger partial charge in [-0.2, -0.15) is 0 Å². The molecular formula is C15H20N2O2. The number of para-hydroxylation sites is 1. The number of aliphatic imine (C=N–C) groups is 1. The zero-order valence-corrected chi connectivity index (χ0v) is 11.0. The molecule has 2 N–H and O–H groups in total. The Morgan fingerprint density at radius 1 is 1.26 bits per heavy atom. The van der Waals surface area contributed by atoms with Crippen molar-refractivity contribution in [1.29, 1.82) is 0 Å². The van der Waals surface area contributed by atoms with Crippen LogP contribution in [-0.4, -0.2) is 36.7 Å². The van der Waals surface area contributed by atoms with Crippen molar-refractivity contribution in [1.82, 2.24) is 5.32 Å². The highest BCUT2D eigenvalue weighted by molar-refractivity contribution is 5.80. The second kappa shape index (κ2) is 5.61. The van der Waals surface area contributed by atoms with Crippen LogP contribution >= 0.6 is 0 Å². The van der Waals surface area contributed by atoms with E-state index in [2.05, 4.69) is 5.32 Å². The van der Waals surface area contributed by atoms with E-state index in [4.69, 9.17) is 9.73 Å². The van der Waals surface area contributed by atoms with E-state index >= 15 is 0 Å². The van der Waals surface area contributed by atoms with Crippen LogP contribution in [0.15, 0.2) is 29.3 Å². The predicted octanol–water partition coefficient (Wildman–Crippen LogP) is 1.73. The van der Waals surface area contributed by atoms with E-state index in [1.165, 1.54) is 0 Å². The highest BCUT2D eigenvalue weighted by Crippen LogP contribution is 2.24. The van der Waals surface area contributed by atoms with Crippen LogP contribution in [0.1, 0.15) is 18.4 Å². The highest BCUT2D eigenvalue weighted by atomic mass is 16.5. The van der Waals surface area contributed by atoms with Crippen LogP contribution in [0.5, 0.6) is 5.75 Å². The number of piperidine rings is 1. The lowest BCUT2D eigenvalue weighted by molar-refractivity contribution is 0.283. The van der Waals surface area contributed by atoms with Crippen molar-refractivity contribution >= 4 is 5.90 Å². The Hall–Kier alpha value is -1.55. The number of benzene rings is 1. The van der Waals surface area contributed by atoms with Crippen LogP contribution < -0.4 is 5.32 Å². The molecule has 0 amide bonds. The lowest BCUT2D eigenvalue weighted by Crippen LogP contribution is -2.31. The fourth-order valence-electron chi connectivity index (χ4n) is 2.77. The molecule has 1 saturated heterocycles. The molecule has 4 heteroatoms. The summed E-state index contributed by atoms with van der Waals surface area (Å²) >= 11 is 0. The van der Waals surface area contributed by atoms with Crippen LogP contribution in [-0.2, 0) is 11.2 Å². The molecular weight excluding hydrogens is 240 g/mol. The molecule has 4 nitrogen and oxygen atoms in total. The van der Waals surface area contributed by atoms with Crippen LogP contribution in [0, 0.1) is 5.92 Å². The Labute approximate surface area is 113 Å². The van der Waals surface area contributed by atoms with Gasteiger partial charge in [0.05, 0.1) is 6.04 Å². The minimum atomic E-state index is 0.151. The quantitative estimate of drug-likeness (QED) is 0.870. The minimum absolute atomic E-state index is 0.151. The maximum absolute atomic E-state index is 9.79. The van der Waals surface area contributed by atoms with Gasteiger partial charge in [0.15, 0.2) is 5.90 Å². The first-order valence-electron chi connectivity index (χ1n) is 7.01. The topological polar surface area (TPSA) is 53.9 Å². The zero-order chi connectivity index (χ0) is 13.1. The normalized spacial score (nSPS) is 24.0. The molecule has 0 aromatic heterocycles. The van der Waals surface area contributed by atoms with Gasteiger partial charge in [0.2, 0.25) is 0 Å². The third-order valence-corrected chi connectivity index (χ3v) is 3.87. The smallest absolute Gasteiger partial charge is 0.186 e. The summed E-state index contributed by atoms with van der Waals surface area (Å²) in [7, 11) is 0. The number of hydrogen-bond donors (Lipinski definition) is 2. The molecule has 1 unspecified atom stereocenters. The average Bonchev–Trinajstić information content (AvgIpc) is 2.91. The van der Waals surface area contributed by atoms with E-state index in [-0.39, 0.29) is 6.04 Å². The van der Waals surface area contributed by atoms with Crippen molar-refractivity contribution in [3.63, 3.8) is 0 Å². The second-order valence-electron chi connectivity index (χ2n) is 5.29. The fraction of sp³-hybridized carbons (Fsp3) is 0.533. The molecule has 1 atom stereocenters. The van der Waals surface area contributed by atoms with E-state index in [1.807, 2.05) is 18.2 Å². The fourth-order valence-corrected chi connectivity index (χ4v) is 2.77. The molecule has 1 fully saturated rings. The molecule has 2 aliphatic rings. The average molecular weight is 260 g/mol. The maximum atomic E-state index is 9.79. The highest BCUT2D eigenvalue weighted by Gasteiger charge is 2.27. The third kappa shape index (κ3) is 2.89. The van der Waals surface area contributed by atoms with Gasteiger partial charge in [-0.15, -0.1) is 0 Å². The zero-order valence-electron chi connectivity index (χ0n) is 11.0. The second-order valence-corrected chi connectivity index (χ2v) is 5.29. The van der Waals surface area contributed by atoms with Gasteiger partial charge in [-0.3, -0.25) is 0 Å². The maximum Gasteiger partial charge on any atom is 0.186 e. The number of hydrogen-bond acceptors (Lipinski definition) is 4. The number of aromatic hydroxyl groups is 1. The number of nitrogens with one attached hydrogen (secondary N) is 1. The molecule has 1 aromatic rings. The van der Waals surface area contributed by atoms with Crippen molar-refractivity contribution < 1.29 is 9.84 Å². The first-order chi connectivity index (χ1) is 9.33. The molecule has 0 bridgehead atoms. The molecule has 19 heavy (non-hydrogen) atoms. The summed E-state index contributed by atoms with van der Waals surface area (Å²) in [5, 5.41) is 13.1. The summed E-state index contributed by atoms with van der Waals surface area (Å²) < 4.78 is 5.76. The monoisotopic (exact) mass is 260 g/mol. The predicted molar refractivity (Wildman–Crippen MR) is 74.6 cm³/mol. The lowest BCUT2D eigenvalue weighted by Gasteiger charge is -2.21. The number of phenols is 1. The van der Waals surface area contributed by atoms with E-state index in [0.717, 1.165) is 43.8 Å². The molecule has 0 aliphatic carbocycles. The van der Waals surface area contributed by atoms with Crippen molar-refractivity contribution in [2.45, 2.75) is 25.3 Å². The molecule has 0 saturated carbocycles. The molecule has 2 aliphatic heterocycles. The molecule has 3 rings (SSSR count). The van der Waals surface area contributed by atoms with E-state index in [0.29, 0.717) is 18.3 Å². The van der Waals surface area contributed by atoms with Crippen LogP contribution in [0.25, 0.3) is 0 Å². The summed E-state index contributed by atoms with van der Waals surface area (Å²) in [6.45, 7) is 2.75. The molecule has 0 spiro atoms. The SMILES string of the molecule is Oc1ccccc1CC1COC(C2CCNCC2)=N1. The lowest BCUT2D eigenvalue weighted by atomic mass is 9.98. The Balaban J connectivity index is 1.64. The van der Waals surface area contributed by atoms with Crippen molar-refractivity contribution in [3.8, 4) is 5.75 Å². The van der Waals surface area contributed by atoms with Gasteiger partial charge in [0.25, 0.3) is 0 Å². The Bertz CT molecular complexity index is 467. The van der Waals surface area contributed by atoms with Gasteiger partial charge < -0.3 is 15.2 Å². The van der Waals surface area contributed by atoms with Gasteiger partial charge in [0, 0.05) is 12.3 Å². The Kier molecular flexibility index (Phi) is 3.69. The number of phenolic OH excluding ortho intramolecular Hbond substituents is 1. The Morgan fingerprint density at radius 2 is 2.05 bits per heavy atom. The van der Waals surface area contributed by atoms with Gasteiger partial charge >= 0.3 is 0 Å². The van der Waals surface area contributed by atoms with Crippen molar-refractivity contribution in [2.24, 2.45) is 10.9 Å². The summed E-state index contributed by atoms with van der Waals surface area (Å²) in [6, 6.07) is 7.62. The third-order valence-electron chi connectivity index (χ3n) is 3.87.